The zero-order valence-electron chi connectivity index (χ0n) is 12.5. The lowest BCUT2D eigenvalue weighted by Crippen LogP contribution is -2.47. The molecule has 6 heteroatoms. The smallest absolute Gasteiger partial charge is 0.234 e. The first-order valence-corrected chi connectivity index (χ1v) is 7.35. The van der Waals surface area contributed by atoms with Crippen LogP contribution < -0.4 is 0 Å². The second kappa shape index (κ2) is 5.35. The Balaban J connectivity index is 1.65. The first-order valence-electron chi connectivity index (χ1n) is 7.35. The number of amides is 1. The van der Waals surface area contributed by atoms with Gasteiger partial charge < -0.3 is 14.9 Å². The van der Waals surface area contributed by atoms with E-state index >= 15 is 0 Å². The van der Waals surface area contributed by atoms with E-state index < -0.39 is 5.41 Å². The maximum absolute atomic E-state index is 12.8. The third kappa shape index (κ3) is 2.57. The quantitative estimate of drug-likeness (QED) is 0.904. The average molecular weight is 287 g/mol. The number of carbonyl (C=O) groups excluding carboxylic acids is 1. The molecular weight excluding hydrogens is 266 g/mol. The van der Waals surface area contributed by atoms with Crippen LogP contribution in [0.1, 0.15) is 44.0 Å². The lowest BCUT2D eigenvalue weighted by atomic mass is 9.86. The summed E-state index contributed by atoms with van der Waals surface area (Å²) in [6, 6.07) is 0. The number of H-pyrrole nitrogens is 2. The highest BCUT2D eigenvalue weighted by Crippen LogP contribution is 2.30. The predicted octanol–water partition coefficient (Wildman–Crippen LogP) is 1.82. The van der Waals surface area contributed by atoms with E-state index in [1.165, 1.54) is 5.69 Å². The van der Waals surface area contributed by atoms with Crippen molar-refractivity contribution in [2.24, 2.45) is 0 Å². The van der Waals surface area contributed by atoms with Crippen LogP contribution in [0, 0.1) is 0 Å². The number of carbonyl (C=O) groups is 1. The van der Waals surface area contributed by atoms with Crippen molar-refractivity contribution in [3.8, 4) is 0 Å². The average Bonchev–Trinajstić information content (AvgIpc) is 3.19. The summed E-state index contributed by atoms with van der Waals surface area (Å²) in [7, 11) is 0. The lowest BCUT2D eigenvalue weighted by Gasteiger charge is -2.36. The fraction of sp³-hybridized carbons (Fsp3) is 0.533. The van der Waals surface area contributed by atoms with E-state index in [0.29, 0.717) is 5.92 Å². The van der Waals surface area contributed by atoms with Crippen LogP contribution >= 0.6 is 0 Å². The fourth-order valence-corrected chi connectivity index (χ4v) is 2.99. The minimum atomic E-state index is -0.558. The largest absolute Gasteiger partial charge is 0.348 e. The second-order valence-corrected chi connectivity index (χ2v) is 6.16. The van der Waals surface area contributed by atoms with Crippen LogP contribution in [0.5, 0.6) is 0 Å². The summed E-state index contributed by atoms with van der Waals surface area (Å²) in [6.45, 7) is 5.48. The van der Waals surface area contributed by atoms with Gasteiger partial charge in [-0.15, -0.1) is 0 Å². The summed E-state index contributed by atoms with van der Waals surface area (Å²) < 4.78 is 0. The van der Waals surface area contributed by atoms with Crippen LogP contribution in [-0.4, -0.2) is 43.8 Å². The van der Waals surface area contributed by atoms with Crippen molar-refractivity contribution in [3.05, 3.63) is 36.4 Å². The van der Waals surface area contributed by atoms with Crippen LogP contribution in [0.4, 0.5) is 0 Å². The highest BCUT2D eigenvalue weighted by molar-refractivity contribution is 5.86. The molecule has 0 unspecified atom stereocenters. The van der Waals surface area contributed by atoms with Gasteiger partial charge in [-0.2, -0.15) is 0 Å². The van der Waals surface area contributed by atoms with Crippen molar-refractivity contribution in [2.75, 3.05) is 13.1 Å². The number of aromatic nitrogens is 4. The molecule has 0 radical (unpaired) electrons. The lowest BCUT2D eigenvalue weighted by molar-refractivity contribution is -0.137. The minimum absolute atomic E-state index is 0.162. The fourth-order valence-electron chi connectivity index (χ4n) is 2.99. The molecule has 0 spiro atoms. The number of rotatable bonds is 3. The van der Waals surface area contributed by atoms with Crippen molar-refractivity contribution in [1.29, 1.82) is 0 Å². The Morgan fingerprint density at radius 1 is 1.19 bits per heavy atom. The van der Waals surface area contributed by atoms with E-state index in [2.05, 4.69) is 19.9 Å². The minimum Gasteiger partial charge on any atom is -0.348 e. The van der Waals surface area contributed by atoms with Crippen LogP contribution in [0.2, 0.25) is 0 Å². The number of piperidine rings is 1. The first kappa shape index (κ1) is 13.9. The molecule has 2 aromatic rings. The van der Waals surface area contributed by atoms with Crippen molar-refractivity contribution < 1.29 is 4.79 Å². The molecule has 0 saturated carbocycles. The molecule has 0 atom stereocenters. The standard InChI is InChI=1S/C15H21N5O/c1-15(2,13-8-17-10-19-13)14(21)20-5-3-11(4-6-20)12-7-16-9-18-12/h7-11H,3-6H2,1-2H3,(H,16,18)(H,17,19). The van der Waals surface area contributed by atoms with Gasteiger partial charge in [-0.1, -0.05) is 0 Å². The van der Waals surface area contributed by atoms with Crippen molar-refractivity contribution in [2.45, 2.75) is 38.0 Å². The number of hydrogen-bond acceptors (Lipinski definition) is 3. The Bertz CT molecular complexity index is 580. The van der Waals surface area contributed by atoms with Gasteiger partial charge in [0.1, 0.15) is 0 Å². The summed E-state index contributed by atoms with van der Waals surface area (Å²) in [5.74, 6) is 0.640. The van der Waals surface area contributed by atoms with Gasteiger partial charge in [0.2, 0.25) is 5.91 Å². The zero-order chi connectivity index (χ0) is 14.9. The summed E-state index contributed by atoms with van der Waals surface area (Å²) in [5.41, 5.74) is 1.48. The Morgan fingerprint density at radius 3 is 2.43 bits per heavy atom. The third-order valence-electron chi connectivity index (χ3n) is 4.45. The molecule has 112 valence electrons. The number of hydrogen-bond donors (Lipinski definition) is 2. The first-order chi connectivity index (χ1) is 10.1. The molecule has 3 rings (SSSR count). The molecule has 1 aliphatic rings. The SMILES string of the molecule is CC(C)(C(=O)N1CCC(c2cnc[nH]2)CC1)c1cnc[nH]1. The van der Waals surface area contributed by atoms with Gasteiger partial charge in [0.05, 0.1) is 18.1 Å². The molecule has 0 aliphatic carbocycles. The number of imidazole rings is 2. The highest BCUT2D eigenvalue weighted by atomic mass is 16.2. The number of likely N-dealkylation sites (tertiary alicyclic amines) is 1. The number of nitrogens with zero attached hydrogens (tertiary/aromatic N) is 3. The van der Waals surface area contributed by atoms with E-state index in [9.17, 15) is 4.79 Å². The molecule has 21 heavy (non-hydrogen) atoms. The van der Waals surface area contributed by atoms with Gasteiger partial charge in [0.15, 0.2) is 0 Å². The van der Waals surface area contributed by atoms with E-state index in [4.69, 9.17) is 0 Å². The molecule has 1 fully saturated rings. The Kier molecular flexibility index (Phi) is 3.53. The Labute approximate surface area is 124 Å². The van der Waals surface area contributed by atoms with Gasteiger partial charge in [0.25, 0.3) is 0 Å². The highest BCUT2D eigenvalue weighted by Gasteiger charge is 2.36. The van der Waals surface area contributed by atoms with E-state index in [1.807, 2.05) is 24.9 Å². The Morgan fingerprint density at radius 2 is 1.86 bits per heavy atom. The van der Waals surface area contributed by atoms with Crippen LogP contribution in [-0.2, 0) is 10.2 Å². The Hall–Kier alpha value is -2.11. The molecule has 1 amide bonds. The molecule has 1 saturated heterocycles. The summed E-state index contributed by atoms with van der Waals surface area (Å²) in [5, 5.41) is 0. The van der Waals surface area contributed by atoms with E-state index in [-0.39, 0.29) is 5.91 Å². The van der Waals surface area contributed by atoms with Crippen molar-refractivity contribution in [3.63, 3.8) is 0 Å². The number of nitrogens with one attached hydrogen (secondary N) is 2. The molecule has 0 aromatic carbocycles. The van der Waals surface area contributed by atoms with Gasteiger partial charge in [-0.3, -0.25) is 4.79 Å². The maximum atomic E-state index is 12.8. The third-order valence-corrected chi connectivity index (χ3v) is 4.45. The van der Waals surface area contributed by atoms with Gasteiger partial charge in [-0.05, 0) is 26.7 Å². The molecule has 2 N–H and O–H groups in total. The monoisotopic (exact) mass is 287 g/mol. The van der Waals surface area contributed by atoms with Crippen LogP contribution in [0.25, 0.3) is 0 Å². The zero-order valence-corrected chi connectivity index (χ0v) is 12.5. The molecule has 1 aliphatic heterocycles. The maximum Gasteiger partial charge on any atom is 0.234 e. The molecule has 3 heterocycles. The van der Waals surface area contributed by atoms with Crippen LogP contribution in [0.3, 0.4) is 0 Å². The molecule has 6 nitrogen and oxygen atoms in total. The summed E-state index contributed by atoms with van der Waals surface area (Å²) in [4.78, 5) is 29.1. The molecular formula is C15H21N5O. The summed E-state index contributed by atoms with van der Waals surface area (Å²) in [6.07, 6.45) is 8.91. The molecule has 2 aromatic heterocycles. The van der Waals surface area contributed by atoms with E-state index in [1.54, 1.807) is 18.9 Å². The van der Waals surface area contributed by atoms with Gasteiger partial charge in [-0.25, -0.2) is 9.97 Å². The normalized spacial score (nSPS) is 17.1. The van der Waals surface area contributed by atoms with E-state index in [0.717, 1.165) is 31.6 Å². The van der Waals surface area contributed by atoms with Gasteiger partial charge >= 0.3 is 0 Å². The number of aromatic amines is 2. The summed E-state index contributed by atoms with van der Waals surface area (Å²) >= 11 is 0. The second-order valence-electron chi connectivity index (χ2n) is 6.16. The molecule has 0 bridgehead atoms. The van der Waals surface area contributed by atoms with Crippen molar-refractivity contribution in [1.82, 2.24) is 24.8 Å². The topological polar surface area (TPSA) is 77.7 Å². The van der Waals surface area contributed by atoms with Crippen molar-refractivity contribution >= 4 is 5.91 Å². The van der Waals surface area contributed by atoms with Gasteiger partial charge in [0, 0.05) is 42.8 Å². The predicted molar refractivity (Wildman–Crippen MR) is 78.8 cm³/mol. The van der Waals surface area contributed by atoms with Crippen LogP contribution in [0.15, 0.2) is 25.0 Å².